The van der Waals surface area contributed by atoms with Crippen molar-refractivity contribution in [1.82, 2.24) is 15.5 Å². The number of ether oxygens (including phenoxy) is 1. The number of fused-ring (bicyclic) bond motifs is 1. The van der Waals surface area contributed by atoms with Crippen molar-refractivity contribution in [3.63, 3.8) is 0 Å². The van der Waals surface area contributed by atoms with Gasteiger partial charge in [-0.05, 0) is 43.7 Å². The van der Waals surface area contributed by atoms with Gasteiger partial charge in [0.1, 0.15) is 0 Å². The topological polar surface area (TPSA) is 94.3 Å². The number of nitrogens with one attached hydrogen (secondary N) is 1. The van der Waals surface area contributed by atoms with Crippen LogP contribution in [0.2, 0.25) is 0 Å². The number of imide groups is 1. The molecule has 0 aromatic carbocycles. The first kappa shape index (κ1) is 17.9. The molecule has 134 valence electrons. The van der Waals surface area contributed by atoms with E-state index in [1.807, 2.05) is 0 Å². The Balaban J connectivity index is 1.58. The molecule has 0 unspecified atom stereocenters. The SMILES string of the molecule is CCOC(=O)NC(=O)CSc1nnc(-c2cc3c(s2)CC[C@H](C)C3)o1. The minimum absolute atomic E-state index is 0.00109. The number of hydrogen-bond donors (Lipinski definition) is 1. The van der Waals surface area contributed by atoms with Crippen LogP contribution in [0.15, 0.2) is 15.7 Å². The van der Waals surface area contributed by atoms with E-state index in [0.717, 1.165) is 29.5 Å². The summed E-state index contributed by atoms with van der Waals surface area (Å²) in [4.78, 5) is 25.1. The van der Waals surface area contributed by atoms with Crippen molar-refractivity contribution >= 4 is 35.1 Å². The summed E-state index contributed by atoms with van der Waals surface area (Å²) in [7, 11) is 0. The van der Waals surface area contributed by atoms with Gasteiger partial charge < -0.3 is 9.15 Å². The average Bonchev–Trinajstić information content (AvgIpc) is 3.19. The van der Waals surface area contributed by atoms with Crippen molar-refractivity contribution in [2.75, 3.05) is 12.4 Å². The molecule has 1 atom stereocenters. The second-order valence-corrected chi connectivity index (χ2v) is 7.90. The van der Waals surface area contributed by atoms with Crippen LogP contribution in [0, 0.1) is 5.92 Å². The number of hydrogen-bond acceptors (Lipinski definition) is 8. The Labute approximate surface area is 153 Å². The van der Waals surface area contributed by atoms with E-state index in [1.54, 1.807) is 18.3 Å². The minimum Gasteiger partial charge on any atom is -0.450 e. The van der Waals surface area contributed by atoms with Crippen molar-refractivity contribution in [2.45, 2.75) is 38.3 Å². The van der Waals surface area contributed by atoms with Crippen LogP contribution in [0.3, 0.4) is 0 Å². The third kappa shape index (κ3) is 4.60. The molecule has 0 fully saturated rings. The summed E-state index contributed by atoms with van der Waals surface area (Å²) in [5.41, 5.74) is 1.37. The van der Waals surface area contributed by atoms with E-state index in [1.165, 1.54) is 16.9 Å². The number of thiophene rings is 1. The summed E-state index contributed by atoms with van der Waals surface area (Å²) in [5.74, 6) is 0.713. The number of aromatic nitrogens is 2. The Morgan fingerprint density at radius 3 is 3.12 bits per heavy atom. The van der Waals surface area contributed by atoms with Gasteiger partial charge in [-0.2, -0.15) is 0 Å². The standard InChI is InChI=1S/C16H19N3O4S2/c1-3-22-15(21)17-13(20)8-24-16-19-18-14(23-16)12-7-10-6-9(2)4-5-11(10)25-12/h7,9H,3-6,8H2,1-2H3,(H,17,20,21)/t9-/m0/s1. The lowest BCUT2D eigenvalue weighted by molar-refractivity contribution is -0.117. The molecule has 0 saturated heterocycles. The molecule has 3 rings (SSSR count). The van der Waals surface area contributed by atoms with E-state index >= 15 is 0 Å². The van der Waals surface area contributed by atoms with Crippen LogP contribution >= 0.6 is 23.1 Å². The van der Waals surface area contributed by atoms with E-state index in [2.05, 4.69) is 33.2 Å². The summed E-state index contributed by atoms with van der Waals surface area (Å²) < 4.78 is 10.3. The summed E-state index contributed by atoms with van der Waals surface area (Å²) in [6.07, 6.45) is 2.66. The first-order valence-corrected chi connectivity index (χ1v) is 9.90. The van der Waals surface area contributed by atoms with Gasteiger partial charge in [-0.25, -0.2) is 4.79 Å². The molecule has 0 aliphatic heterocycles. The summed E-state index contributed by atoms with van der Waals surface area (Å²) in [6, 6.07) is 2.13. The van der Waals surface area contributed by atoms with Crippen molar-refractivity contribution < 1.29 is 18.7 Å². The van der Waals surface area contributed by atoms with Gasteiger partial charge in [0, 0.05) is 4.88 Å². The first-order valence-electron chi connectivity index (χ1n) is 8.10. The summed E-state index contributed by atoms with van der Waals surface area (Å²) >= 11 is 2.78. The Kier molecular flexibility index (Phi) is 5.74. The molecule has 0 saturated carbocycles. The highest BCUT2D eigenvalue weighted by Crippen LogP contribution is 2.37. The third-order valence-electron chi connectivity index (χ3n) is 3.79. The van der Waals surface area contributed by atoms with Crippen molar-refractivity contribution in [3.05, 3.63) is 16.5 Å². The highest BCUT2D eigenvalue weighted by atomic mass is 32.2. The van der Waals surface area contributed by atoms with Gasteiger partial charge in [-0.1, -0.05) is 18.7 Å². The molecule has 0 bridgehead atoms. The number of carbonyl (C=O) groups is 2. The predicted molar refractivity (Wildman–Crippen MR) is 94.7 cm³/mol. The monoisotopic (exact) mass is 381 g/mol. The Bertz CT molecular complexity index is 771. The van der Waals surface area contributed by atoms with Gasteiger partial charge in [0.05, 0.1) is 17.2 Å². The summed E-state index contributed by atoms with van der Waals surface area (Å²) in [5, 5.41) is 10.4. The fourth-order valence-corrected chi connectivity index (χ4v) is 4.32. The van der Waals surface area contributed by atoms with Crippen LogP contribution in [0.25, 0.3) is 10.8 Å². The molecule has 1 aliphatic carbocycles. The third-order valence-corrected chi connectivity index (χ3v) is 5.83. The van der Waals surface area contributed by atoms with E-state index < -0.39 is 12.0 Å². The van der Waals surface area contributed by atoms with E-state index in [4.69, 9.17) is 4.42 Å². The maximum absolute atomic E-state index is 11.6. The molecule has 25 heavy (non-hydrogen) atoms. The van der Waals surface area contributed by atoms with Gasteiger partial charge in [0.15, 0.2) is 0 Å². The van der Waals surface area contributed by atoms with Gasteiger partial charge in [-0.15, -0.1) is 21.5 Å². The number of amides is 2. The molecule has 2 aromatic rings. The van der Waals surface area contributed by atoms with Crippen LogP contribution in [0.1, 0.15) is 30.7 Å². The Morgan fingerprint density at radius 2 is 2.32 bits per heavy atom. The first-order chi connectivity index (χ1) is 12.0. The molecule has 0 spiro atoms. The van der Waals surface area contributed by atoms with Crippen LogP contribution in [0.5, 0.6) is 0 Å². The molecule has 1 aliphatic rings. The van der Waals surface area contributed by atoms with E-state index in [9.17, 15) is 9.59 Å². The average molecular weight is 381 g/mol. The van der Waals surface area contributed by atoms with Gasteiger partial charge in [0.25, 0.3) is 11.1 Å². The molecule has 2 aromatic heterocycles. The second kappa shape index (κ2) is 8.01. The van der Waals surface area contributed by atoms with Crippen LogP contribution < -0.4 is 5.32 Å². The maximum Gasteiger partial charge on any atom is 0.413 e. The van der Waals surface area contributed by atoms with Crippen molar-refractivity contribution in [2.24, 2.45) is 5.92 Å². The maximum atomic E-state index is 11.6. The Hall–Kier alpha value is -1.87. The zero-order chi connectivity index (χ0) is 17.8. The molecule has 1 N–H and O–H groups in total. The molecular formula is C16H19N3O4S2. The molecule has 9 heteroatoms. The lowest BCUT2D eigenvalue weighted by Gasteiger charge is -2.16. The Morgan fingerprint density at radius 1 is 1.48 bits per heavy atom. The van der Waals surface area contributed by atoms with Crippen molar-refractivity contribution in [1.29, 1.82) is 0 Å². The lowest BCUT2D eigenvalue weighted by atomic mass is 9.90. The number of nitrogens with zero attached hydrogens (tertiary/aromatic N) is 2. The van der Waals surface area contributed by atoms with E-state index in [-0.39, 0.29) is 12.4 Å². The van der Waals surface area contributed by atoms with Gasteiger partial charge >= 0.3 is 6.09 Å². The number of aryl methyl sites for hydroxylation is 1. The molecular weight excluding hydrogens is 362 g/mol. The number of thioether (sulfide) groups is 1. The zero-order valence-electron chi connectivity index (χ0n) is 14.0. The smallest absolute Gasteiger partial charge is 0.413 e. The number of alkyl carbamates (subject to hydrolysis) is 1. The number of rotatable bonds is 5. The van der Waals surface area contributed by atoms with Crippen LogP contribution in [-0.4, -0.2) is 34.6 Å². The molecule has 0 radical (unpaired) electrons. The van der Waals surface area contributed by atoms with Gasteiger partial charge in [0.2, 0.25) is 5.91 Å². The highest BCUT2D eigenvalue weighted by Gasteiger charge is 2.21. The normalized spacial score (nSPS) is 16.3. The second-order valence-electron chi connectivity index (χ2n) is 5.84. The van der Waals surface area contributed by atoms with Crippen LogP contribution in [-0.2, 0) is 22.4 Å². The zero-order valence-corrected chi connectivity index (χ0v) is 15.7. The van der Waals surface area contributed by atoms with Crippen LogP contribution in [0.4, 0.5) is 4.79 Å². The fourth-order valence-electron chi connectivity index (χ4n) is 2.62. The fraction of sp³-hybridized carbons (Fsp3) is 0.500. The highest BCUT2D eigenvalue weighted by molar-refractivity contribution is 7.99. The molecule has 2 amide bonds. The molecule has 2 heterocycles. The minimum atomic E-state index is -0.752. The predicted octanol–water partition coefficient (Wildman–Crippen LogP) is 3.29. The molecule has 7 nitrogen and oxygen atoms in total. The van der Waals surface area contributed by atoms with Gasteiger partial charge in [-0.3, -0.25) is 10.1 Å². The quantitative estimate of drug-likeness (QED) is 0.794. The summed E-state index contributed by atoms with van der Waals surface area (Å²) in [6.45, 7) is 4.15. The number of carbonyl (C=O) groups excluding carboxylic acids is 2. The largest absolute Gasteiger partial charge is 0.450 e. The lowest BCUT2D eigenvalue weighted by Crippen LogP contribution is -2.32. The van der Waals surface area contributed by atoms with Crippen molar-refractivity contribution in [3.8, 4) is 10.8 Å². The van der Waals surface area contributed by atoms with E-state index in [0.29, 0.717) is 17.0 Å².